The Balaban J connectivity index is 1.86. The monoisotopic (exact) mass is 184 g/mol. The minimum atomic E-state index is 0.463. The average Bonchev–Trinajstić information content (AvgIpc) is 2.59. The molecule has 2 heterocycles. The van der Waals surface area contributed by atoms with Crippen molar-refractivity contribution in [1.29, 1.82) is 0 Å². The average molecular weight is 184 g/mol. The Bertz CT molecular complexity index is 219. The molecule has 1 aliphatic heterocycles. The van der Waals surface area contributed by atoms with Gasteiger partial charge in [0.15, 0.2) is 5.13 Å². The minimum Gasteiger partial charge on any atom is -0.379 e. The van der Waals surface area contributed by atoms with Crippen molar-refractivity contribution >= 4 is 16.5 Å². The number of ether oxygens (including phenoxy) is 1. The van der Waals surface area contributed by atoms with E-state index < -0.39 is 0 Å². The van der Waals surface area contributed by atoms with Crippen LogP contribution >= 0.6 is 11.3 Å². The first kappa shape index (κ1) is 8.01. The van der Waals surface area contributed by atoms with Crippen LogP contribution in [0.25, 0.3) is 0 Å². The smallest absolute Gasteiger partial charge is 0.182 e. The first-order chi connectivity index (χ1) is 5.95. The Kier molecular flexibility index (Phi) is 2.58. The number of rotatable bonds is 2. The molecule has 0 aliphatic carbocycles. The van der Waals surface area contributed by atoms with Crippen LogP contribution in [0.3, 0.4) is 0 Å². The highest BCUT2D eigenvalue weighted by Gasteiger charge is 2.13. The highest BCUT2D eigenvalue weighted by Crippen LogP contribution is 2.15. The van der Waals surface area contributed by atoms with Gasteiger partial charge in [0.05, 0.1) is 12.6 Å². The summed E-state index contributed by atoms with van der Waals surface area (Å²) in [7, 11) is 0. The Labute approximate surface area is 75.8 Å². The summed E-state index contributed by atoms with van der Waals surface area (Å²) in [5, 5.41) is 6.33. The third-order valence-corrected chi connectivity index (χ3v) is 2.62. The van der Waals surface area contributed by atoms with Crippen LogP contribution in [-0.2, 0) is 4.74 Å². The van der Waals surface area contributed by atoms with Gasteiger partial charge in [-0.3, -0.25) is 0 Å². The molecular weight excluding hydrogens is 172 g/mol. The van der Waals surface area contributed by atoms with Crippen molar-refractivity contribution in [2.45, 2.75) is 18.9 Å². The molecule has 2 rings (SSSR count). The lowest BCUT2D eigenvalue weighted by molar-refractivity contribution is 0.0876. The van der Waals surface area contributed by atoms with Gasteiger partial charge < -0.3 is 10.1 Å². The van der Waals surface area contributed by atoms with E-state index in [4.69, 9.17) is 4.74 Å². The van der Waals surface area contributed by atoms with Crippen molar-refractivity contribution < 1.29 is 4.74 Å². The van der Waals surface area contributed by atoms with Crippen molar-refractivity contribution in [3.05, 3.63) is 11.6 Å². The van der Waals surface area contributed by atoms with Crippen molar-refractivity contribution in [1.82, 2.24) is 4.98 Å². The quantitative estimate of drug-likeness (QED) is 0.760. The number of thiazole rings is 1. The van der Waals surface area contributed by atoms with Crippen LogP contribution in [0.4, 0.5) is 5.13 Å². The van der Waals surface area contributed by atoms with E-state index in [1.807, 2.05) is 11.6 Å². The molecule has 1 N–H and O–H groups in total. The lowest BCUT2D eigenvalue weighted by atomic mass is 10.1. The maximum absolute atomic E-state index is 5.35. The Morgan fingerprint density at radius 3 is 3.33 bits per heavy atom. The van der Waals surface area contributed by atoms with E-state index in [9.17, 15) is 0 Å². The van der Waals surface area contributed by atoms with Gasteiger partial charge in [0.25, 0.3) is 0 Å². The van der Waals surface area contributed by atoms with Crippen LogP contribution in [-0.4, -0.2) is 24.2 Å². The maximum Gasteiger partial charge on any atom is 0.182 e. The van der Waals surface area contributed by atoms with Gasteiger partial charge in [-0.05, 0) is 12.8 Å². The molecule has 1 aromatic rings. The van der Waals surface area contributed by atoms with E-state index in [0.29, 0.717) is 6.04 Å². The van der Waals surface area contributed by atoms with E-state index >= 15 is 0 Å². The summed E-state index contributed by atoms with van der Waals surface area (Å²) < 4.78 is 5.35. The van der Waals surface area contributed by atoms with Crippen molar-refractivity contribution in [2.24, 2.45) is 0 Å². The zero-order valence-electron chi connectivity index (χ0n) is 6.82. The van der Waals surface area contributed by atoms with Gasteiger partial charge >= 0.3 is 0 Å². The molecule has 1 saturated heterocycles. The van der Waals surface area contributed by atoms with Gasteiger partial charge in [0, 0.05) is 18.2 Å². The summed E-state index contributed by atoms with van der Waals surface area (Å²) in [6.07, 6.45) is 4.17. The standard InChI is InChI=1S/C8H12N2OS/c1-2-7(6-11-4-1)10-8-9-3-5-12-8/h3,5,7H,1-2,4,6H2,(H,9,10). The summed E-state index contributed by atoms with van der Waals surface area (Å²) in [5.74, 6) is 0. The fraction of sp³-hybridized carbons (Fsp3) is 0.625. The number of nitrogens with one attached hydrogen (secondary N) is 1. The normalized spacial score (nSPS) is 23.8. The lowest BCUT2D eigenvalue weighted by Crippen LogP contribution is -2.29. The molecule has 0 saturated carbocycles. The maximum atomic E-state index is 5.35. The van der Waals surface area contributed by atoms with E-state index in [1.54, 1.807) is 11.3 Å². The van der Waals surface area contributed by atoms with Crippen molar-refractivity contribution in [2.75, 3.05) is 18.5 Å². The first-order valence-corrected chi connectivity index (χ1v) is 5.07. The number of anilines is 1. The number of hydrogen-bond acceptors (Lipinski definition) is 4. The summed E-state index contributed by atoms with van der Waals surface area (Å²) >= 11 is 1.64. The zero-order chi connectivity index (χ0) is 8.23. The molecule has 4 heteroatoms. The lowest BCUT2D eigenvalue weighted by Gasteiger charge is -2.22. The third-order valence-electron chi connectivity index (χ3n) is 1.92. The predicted octanol–water partition coefficient (Wildman–Crippen LogP) is 1.73. The Morgan fingerprint density at radius 1 is 1.67 bits per heavy atom. The van der Waals surface area contributed by atoms with E-state index in [1.165, 1.54) is 6.42 Å². The summed E-state index contributed by atoms with van der Waals surface area (Å²) in [5.41, 5.74) is 0. The molecule has 0 amide bonds. The molecule has 0 radical (unpaired) electrons. The molecule has 1 fully saturated rings. The third kappa shape index (κ3) is 1.95. The highest BCUT2D eigenvalue weighted by atomic mass is 32.1. The second kappa shape index (κ2) is 3.87. The van der Waals surface area contributed by atoms with Gasteiger partial charge in [-0.2, -0.15) is 0 Å². The predicted molar refractivity (Wildman–Crippen MR) is 49.6 cm³/mol. The van der Waals surface area contributed by atoms with E-state index in [2.05, 4.69) is 10.3 Å². The van der Waals surface area contributed by atoms with Crippen LogP contribution in [0.5, 0.6) is 0 Å². The number of nitrogens with zero attached hydrogens (tertiary/aromatic N) is 1. The molecule has 0 bridgehead atoms. The number of aromatic nitrogens is 1. The molecule has 12 heavy (non-hydrogen) atoms. The molecule has 3 nitrogen and oxygen atoms in total. The summed E-state index contributed by atoms with van der Waals surface area (Å²) in [6, 6.07) is 0.463. The fourth-order valence-corrected chi connectivity index (χ4v) is 1.93. The van der Waals surface area contributed by atoms with Crippen LogP contribution in [0, 0.1) is 0 Å². The highest BCUT2D eigenvalue weighted by molar-refractivity contribution is 7.13. The number of hydrogen-bond donors (Lipinski definition) is 1. The Morgan fingerprint density at radius 2 is 2.67 bits per heavy atom. The fourth-order valence-electron chi connectivity index (χ4n) is 1.32. The largest absolute Gasteiger partial charge is 0.379 e. The van der Waals surface area contributed by atoms with Crippen LogP contribution < -0.4 is 5.32 Å². The van der Waals surface area contributed by atoms with Crippen LogP contribution in [0.2, 0.25) is 0 Å². The summed E-state index contributed by atoms with van der Waals surface area (Å²) in [6.45, 7) is 1.73. The molecule has 0 aromatic carbocycles. The first-order valence-electron chi connectivity index (χ1n) is 4.19. The Hall–Kier alpha value is -0.610. The molecule has 1 aromatic heterocycles. The van der Waals surface area contributed by atoms with Crippen molar-refractivity contribution in [3.8, 4) is 0 Å². The second-order valence-electron chi connectivity index (χ2n) is 2.90. The zero-order valence-corrected chi connectivity index (χ0v) is 7.64. The molecule has 1 unspecified atom stereocenters. The van der Waals surface area contributed by atoms with Gasteiger partial charge in [-0.1, -0.05) is 0 Å². The van der Waals surface area contributed by atoms with Gasteiger partial charge in [0.1, 0.15) is 0 Å². The van der Waals surface area contributed by atoms with E-state index in [-0.39, 0.29) is 0 Å². The molecule has 1 aliphatic rings. The second-order valence-corrected chi connectivity index (χ2v) is 3.79. The van der Waals surface area contributed by atoms with Gasteiger partial charge in [-0.15, -0.1) is 11.3 Å². The van der Waals surface area contributed by atoms with Gasteiger partial charge in [-0.25, -0.2) is 4.98 Å². The minimum absolute atomic E-state index is 0.463. The van der Waals surface area contributed by atoms with E-state index in [0.717, 1.165) is 24.8 Å². The molecular formula is C8H12N2OS. The van der Waals surface area contributed by atoms with Crippen LogP contribution in [0.15, 0.2) is 11.6 Å². The topological polar surface area (TPSA) is 34.1 Å². The SMILES string of the molecule is c1csc(NC2CCCOC2)n1. The molecule has 1 atom stereocenters. The van der Waals surface area contributed by atoms with Crippen LogP contribution in [0.1, 0.15) is 12.8 Å². The molecule has 0 spiro atoms. The summed E-state index contributed by atoms with van der Waals surface area (Å²) in [4.78, 5) is 4.16. The van der Waals surface area contributed by atoms with Gasteiger partial charge in [0.2, 0.25) is 0 Å². The van der Waals surface area contributed by atoms with Crippen molar-refractivity contribution in [3.63, 3.8) is 0 Å². The molecule has 66 valence electrons.